The van der Waals surface area contributed by atoms with Crippen LogP contribution in [-0.4, -0.2) is 6.21 Å². The molecule has 2 heteroatoms. The van der Waals surface area contributed by atoms with Gasteiger partial charge in [0.15, 0.2) is 0 Å². The van der Waals surface area contributed by atoms with Crippen LogP contribution in [0.15, 0.2) is 24.3 Å². The summed E-state index contributed by atoms with van der Waals surface area (Å²) in [5, 5.41) is 6.89. The number of benzene rings is 1. The highest BCUT2D eigenvalue weighted by atomic mass is 127. The molecular weight excluding hydrogens is 225 g/mol. The summed E-state index contributed by atoms with van der Waals surface area (Å²) in [4.78, 5) is 0. The highest BCUT2D eigenvalue weighted by Crippen LogP contribution is 2.04. The lowest BCUT2D eigenvalue weighted by atomic mass is 10.2. The smallest absolute Gasteiger partial charge is 0.0250 e. The van der Waals surface area contributed by atoms with Gasteiger partial charge < -0.3 is 5.41 Å². The van der Waals surface area contributed by atoms with Crippen molar-refractivity contribution in [3.8, 4) is 0 Å². The van der Waals surface area contributed by atoms with Crippen LogP contribution in [0.4, 0.5) is 0 Å². The Kier molecular flexibility index (Phi) is 2.22. The van der Waals surface area contributed by atoms with Gasteiger partial charge in [0.25, 0.3) is 0 Å². The molecule has 9 heavy (non-hydrogen) atoms. The summed E-state index contributed by atoms with van der Waals surface area (Å²) in [5.74, 6) is 0. The molecule has 1 nitrogen and oxygen atoms in total. The van der Waals surface area contributed by atoms with E-state index in [-0.39, 0.29) is 0 Å². The molecule has 0 aromatic heterocycles. The molecule has 0 aliphatic carbocycles. The maximum atomic E-state index is 6.89. The van der Waals surface area contributed by atoms with Crippen LogP contribution in [0.1, 0.15) is 5.56 Å². The van der Waals surface area contributed by atoms with E-state index in [4.69, 9.17) is 5.41 Å². The monoisotopic (exact) mass is 231 g/mol. The summed E-state index contributed by atoms with van der Waals surface area (Å²) in [6, 6.07) is 7.82. The van der Waals surface area contributed by atoms with Gasteiger partial charge in [0.05, 0.1) is 0 Å². The van der Waals surface area contributed by atoms with Gasteiger partial charge in [-0.1, -0.05) is 12.1 Å². The fourth-order valence-electron chi connectivity index (χ4n) is 0.559. The van der Waals surface area contributed by atoms with E-state index in [2.05, 4.69) is 22.6 Å². The molecule has 0 unspecified atom stereocenters. The lowest BCUT2D eigenvalue weighted by Crippen LogP contribution is -1.77. The van der Waals surface area contributed by atoms with E-state index in [0.29, 0.717) is 0 Å². The molecule has 0 aliphatic rings. The number of hydrogen-bond acceptors (Lipinski definition) is 1. The van der Waals surface area contributed by atoms with Crippen LogP contribution in [0.2, 0.25) is 0 Å². The summed E-state index contributed by atoms with van der Waals surface area (Å²) in [7, 11) is 0. The molecule has 0 saturated carbocycles. The second-order valence-corrected chi connectivity index (χ2v) is 2.94. The maximum absolute atomic E-state index is 6.89. The van der Waals surface area contributed by atoms with Crippen molar-refractivity contribution in [3.05, 3.63) is 33.4 Å². The van der Waals surface area contributed by atoms with Gasteiger partial charge in [0, 0.05) is 9.78 Å². The second-order valence-electron chi connectivity index (χ2n) is 1.70. The van der Waals surface area contributed by atoms with Crippen molar-refractivity contribution in [2.75, 3.05) is 0 Å². The van der Waals surface area contributed by atoms with Crippen molar-refractivity contribution in [3.63, 3.8) is 0 Å². The van der Waals surface area contributed by atoms with E-state index >= 15 is 0 Å². The van der Waals surface area contributed by atoms with E-state index in [1.54, 1.807) is 0 Å². The van der Waals surface area contributed by atoms with E-state index in [1.165, 1.54) is 9.78 Å². The largest absolute Gasteiger partial charge is 0.308 e. The number of halogens is 1. The van der Waals surface area contributed by atoms with E-state index in [9.17, 15) is 0 Å². The van der Waals surface area contributed by atoms with Gasteiger partial charge in [-0.05, 0) is 40.3 Å². The molecule has 46 valence electrons. The van der Waals surface area contributed by atoms with E-state index in [0.717, 1.165) is 5.56 Å². The molecule has 0 saturated heterocycles. The Morgan fingerprint density at radius 2 is 1.78 bits per heavy atom. The highest BCUT2D eigenvalue weighted by molar-refractivity contribution is 14.1. The molecule has 1 rings (SSSR count). The van der Waals surface area contributed by atoms with Crippen LogP contribution in [0.25, 0.3) is 0 Å². The van der Waals surface area contributed by atoms with E-state index < -0.39 is 0 Å². The Labute approximate surface area is 67.7 Å². The molecular formula is C7H6IN. The zero-order valence-corrected chi connectivity index (χ0v) is 6.92. The van der Waals surface area contributed by atoms with Crippen molar-refractivity contribution in [1.82, 2.24) is 0 Å². The summed E-state index contributed by atoms with van der Waals surface area (Å²) in [5.41, 5.74) is 0.954. The summed E-state index contributed by atoms with van der Waals surface area (Å²) in [6.07, 6.45) is 1.34. The fraction of sp³-hybridized carbons (Fsp3) is 0. The van der Waals surface area contributed by atoms with Crippen molar-refractivity contribution in [2.45, 2.75) is 0 Å². The number of hydrogen-bond donors (Lipinski definition) is 1. The molecule has 0 radical (unpaired) electrons. The van der Waals surface area contributed by atoms with Crippen molar-refractivity contribution in [2.24, 2.45) is 0 Å². The van der Waals surface area contributed by atoms with Crippen LogP contribution in [0.5, 0.6) is 0 Å². The molecule has 1 N–H and O–H groups in total. The van der Waals surface area contributed by atoms with Crippen LogP contribution >= 0.6 is 22.6 Å². The summed E-state index contributed by atoms with van der Waals surface area (Å²) < 4.78 is 1.21. The van der Waals surface area contributed by atoms with E-state index in [1.807, 2.05) is 24.3 Å². The third kappa shape index (κ3) is 1.78. The predicted molar refractivity (Wildman–Crippen MR) is 47.0 cm³/mol. The molecule has 0 fully saturated rings. The van der Waals surface area contributed by atoms with Crippen molar-refractivity contribution >= 4 is 28.8 Å². The van der Waals surface area contributed by atoms with Crippen LogP contribution < -0.4 is 0 Å². The summed E-state index contributed by atoms with van der Waals surface area (Å²) in [6.45, 7) is 0. The van der Waals surface area contributed by atoms with Gasteiger partial charge >= 0.3 is 0 Å². The first-order valence-corrected chi connectivity index (χ1v) is 3.67. The molecule has 0 spiro atoms. The topological polar surface area (TPSA) is 23.9 Å². The van der Waals surface area contributed by atoms with Gasteiger partial charge in [-0.15, -0.1) is 0 Å². The van der Waals surface area contributed by atoms with Crippen LogP contribution in [-0.2, 0) is 0 Å². The first kappa shape index (κ1) is 6.74. The summed E-state index contributed by atoms with van der Waals surface area (Å²) >= 11 is 2.24. The lowest BCUT2D eigenvalue weighted by molar-refractivity contribution is 1.53. The molecule has 1 aromatic rings. The van der Waals surface area contributed by atoms with Crippen molar-refractivity contribution in [1.29, 1.82) is 5.41 Å². The van der Waals surface area contributed by atoms with Gasteiger partial charge in [-0.2, -0.15) is 0 Å². The minimum Gasteiger partial charge on any atom is -0.308 e. The minimum absolute atomic E-state index is 0.954. The average Bonchev–Trinajstić information content (AvgIpc) is 1.90. The third-order valence-corrected chi connectivity index (χ3v) is 1.76. The van der Waals surface area contributed by atoms with Gasteiger partial charge in [-0.3, -0.25) is 0 Å². The standard InChI is InChI=1S/C7H6IN/c8-7-3-1-6(5-9)2-4-7/h1-5,9H. The first-order chi connectivity index (χ1) is 4.33. The lowest BCUT2D eigenvalue weighted by Gasteiger charge is -1.89. The van der Waals surface area contributed by atoms with Gasteiger partial charge in [-0.25, -0.2) is 0 Å². The Morgan fingerprint density at radius 3 is 2.22 bits per heavy atom. The maximum Gasteiger partial charge on any atom is 0.0250 e. The zero-order valence-electron chi connectivity index (χ0n) is 4.76. The predicted octanol–water partition coefficient (Wildman–Crippen LogP) is 2.29. The average molecular weight is 231 g/mol. The van der Waals surface area contributed by atoms with Gasteiger partial charge in [0.1, 0.15) is 0 Å². The third-order valence-electron chi connectivity index (χ3n) is 1.04. The van der Waals surface area contributed by atoms with Crippen LogP contribution in [0, 0.1) is 8.98 Å². The molecule has 0 aliphatic heterocycles. The zero-order chi connectivity index (χ0) is 6.69. The number of nitrogens with one attached hydrogen (secondary N) is 1. The Hall–Kier alpha value is -0.380. The molecule has 0 bridgehead atoms. The highest BCUT2D eigenvalue weighted by Gasteiger charge is 1.84. The quantitative estimate of drug-likeness (QED) is 0.566. The Bertz CT molecular complexity index is 203. The molecule has 0 amide bonds. The van der Waals surface area contributed by atoms with Gasteiger partial charge in [0.2, 0.25) is 0 Å². The SMILES string of the molecule is N=Cc1ccc(I)cc1. The Morgan fingerprint density at radius 1 is 1.22 bits per heavy atom. The molecule has 0 heterocycles. The minimum atomic E-state index is 0.954. The fourth-order valence-corrected chi connectivity index (χ4v) is 0.919. The normalized spacial score (nSPS) is 9.00. The first-order valence-electron chi connectivity index (χ1n) is 2.59. The molecule has 0 atom stereocenters. The number of rotatable bonds is 1. The molecule has 1 aromatic carbocycles. The Balaban J connectivity index is 3.01. The van der Waals surface area contributed by atoms with Crippen molar-refractivity contribution < 1.29 is 0 Å². The van der Waals surface area contributed by atoms with Crippen LogP contribution in [0.3, 0.4) is 0 Å². The second kappa shape index (κ2) is 2.96.